The Morgan fingerprint density at radius 2 is 2.28 bits per heavy atom. The third-order valence-corrected chi connectivity index (χ3v) is 3.39. The molecule has 0 spiro atoms. The summed E-state index contributed by atoms with van der Waals surface area (Å²) >= 11 is 7.30. The van der Waals surface area contributed by atoms with E-state index in [0.717, 1.165) is 24.2 Å². The molecule has 1 heterocycles. The Kier molecular flexibility index (Phi) is 4.52. The standard InChI is InChI=1S/C12H14ClN3OS/c1-2-4-11-15-12(18-16-11)17-10-6-3-5-9(13)8(10)7-14/h3,5-6H,2,4,7,14H2,1H3. The van der Waals surface area contributed by atoms with E-state index in [1.54, 1.807) is 6.07 Å². The van der Waals surface area contributed by atoms with Crippen LogP contribution < -0.4 is 10.5 Å². The third kappa shape index (κ3) is 2.98. The van der Waals surface area contributed by atoms with Crippen LogP contribution in [0.4, 0.5) is 0 Å². The summed E-state index contributed by atoms with van der Waals surface area (Å²) in [6, 6.07) is 5.44. The van der Waals surface area contributed by atoms with Crippen molar-refractivity contribution in [2.45, 2.75) is 26.3 Å². The van der Waals surface area contributed by atoms with Gasteiger partial charge in [0.05, 0.1) is 0 Å². The molecule has 0 radical (unpaired) electrons. The maximum atomic E-state index is 6.06. The zero-order valence-corrected chi connectivity index (χ0v) is 11.6. The van der Waals surface area contributed by atoms with Gasteiger partial charge in [-0.15, -0.1) is 0 Å². The van der Waals surface area contributed by atoms with Gasteiger partial charge in [0, 0.05) is 35.1 Å². The van der Waals surface area contributed by atoms with Gasteiger partial charge in [-0.1, -0.05) is 24.6 Å². The number of aromatic nitrogens is 2. The van der Waals surface area contributed by atoms with Gasteiger partial charge >= 0.3 is 0 Å². The second-order valence-electron chi connectivity index (χ2n) is 3.75. The summed E-state index contributed by atoms with van der Waals surface area (Å²) in [6.07, 6.45) is 1.88. The minimum absolute atomic E-state index is 0.329. The number of halogens is 1. The van der Waals surface area contributed by atoms with Gasteiger partial charge in [-0.3, -0.25) is 0 Å². The summed E-state index contributed by atoms with van der Waals surface area (Å²) < 4.78 is 9.91. The van der Waals surface area contributed by atoms with Crippen molar-refractivity contribution < 1.29 is 4.74 Å². The minimum Gasteiger partial charge on any atom is -0.429 e. The van der Waals surface area contributed by atoms with E-state index in [9.17, 15) is 0 Å². The molecule has 0 saturated heterocycles. The van der Waals surface area contributed by atoms with Crippen LogP contribution in [0.15, 0.2) is 18.2 Å². The Morgan fingerprint density at radius 3 is 3.00 bits per heavy atom. The van der Waals surface area contributed by atoms with Crippen molar-refractivity contribution in [3.8, 4) is 10.9 Å². The first-order valence-corrected chi connectivity index (χ1v) is 6.87. The van der Waals surface area contributed by atoms with E-state index >= 15 is 0 Å². The average molecular weight is 284 g/mol. The zero-order valence-electron chi connectivity index (χ0n) is 10.0. The van der Waals surface area contributed by atoms with E-state index in [1.807, 2.05) is 12.1 Å². The van der Waals surface area contributed by atoms with E-state index in [0.29, 0.717) is 22.5 Å². The number of hydrogen-bond acceptors (Lipinski definition) is 5. The summed E-state index contributed by atoms with van der Waals surface area (Å²) in [6.45, 7) is 2.42. The summed E-state index contributed by atoms with van der Waals surface area (Å²) in [5.41, 5.74) is 6.44. The van der Waals surface area contributed by atoms with Gasteiger partial charge in [-0.05, 0) is 18.6 Å². The zero-order chi connectivity index (χ0) is 13.0. The number of ether oxygens (including phenoxy) is 1. The normalized spacial score (nSPS) is 10.6. The molecule has 2 N–H and O–H groups in total. The Hall–Kier alpha value is -1.17. The van der Waals surface area contributed by atoms with Gasteiger partial charge in [0.15, 0.2) is 0 Å². The first-order chi connectivity index (χ1) is 8.74. The molecule has 0 fully saturated rings. The van der Waals surface area contributed by atoms with Crippen molar-refractivity contribution in [2.75, 3.05) is 0 Å². The molecule has 0 aliphatic heterocycles. The van der Waals surface area contributed by atoms with Gasteiger partial charge in [-0.25, -0.2) is 0 Å². The molecule has 1 aromatic carbocycles. The van der Waals surface area contributed by atoms with Crippen molar-refractivity contribution in [2.24, 2.45) is 5.73 Å². The number of nitrogens with two attached hydrogens (primary N) is 1. The minimum atomic E-state index is 0.329. The lowest BCUT2D eigenvalue weighted by molar-refractivity contribution is 0.471. The van der Waals surface area contributed by atoms with Crippen molar-refractivity contribution in [3.05, 3.63) is 34.6 Å². The van der Waals surface area contributed by atoms with E-state index in [-0.39, 0.29) is 0 Å². The lowest BCUT2D eigenvalue weighted by atomic mass is 10.2. The van der Waals surface area contributed by atoms with Crippen LogP contribution in [0.5, 0.6) is 10.9 Å². The Balaban J connectivity index is 2.20. The highest BCUT2D eigenvalue weighted by molar-refractivity contribution is 7.07. The average Bonchev–Trinajstić information content (AvgIpc) is 2.77. The number of hydrogen-bond donors (Lipinski definition) is 1. The predicted molar refractivity (Wildman–Crippen MR) is 73.3 cm³/mol. The van der Waals surface area contributed by atoms with Crippen LogP contribution in [-0.4, -0.2) is 9.36 Å². The SMILES string of the molecule is CCCc1nsc(Oc2cccc(Cl)c2CN)n1. The molecule has 2 rings (SSSR count). The van der Waals surface area contributed by atoms with Gasteiger partial charge in [-0.2, -0.15) is 9.36 Å². The van der Waals surface area contributed by atoms with Gasteiger partial charge < -0.3 is 10.5 Å². The van der Waals surface area contributed by atoms with Gasteiger partial charge in [0.2, 0.25) is 0 Å². The monoisotopic (exact) mass is 283 g/mol. The molecule has 2 aromatic rings. The molecule has 0 unspecified atom stereocenters. The fourth-order valence-corrected chi connectivity index (χ4v) is 2.36. The topological polar surface area (TPSA) is 61.0 Å². The summed E-state index contributed by atoms with van der Waals surface area (Å²) in [5.74, 6) is 1.46. The highest BCUT2D eigenvalue weighted by atomic mass is 35.5. The smallest absolute Gasteiger partial charge is 0.298 e. The van der Waals surface area contributed by atoms with Crippen molar-refractivity contribution >= 4 is 23.1 Å². The fourth-order valence-electron chi connectivity index (χ4n) is 1.53. The van der Waals surface area contributed by atoms with Gasteiger partial charge in [0.1, 0.15) is 11.6 Å². The molecule has 0 aliphatic rings. The lowest BCUT2D eigenvalue weighted by Gasteiger charge is -2.08. The Bertz CT molecular complexity index is 530. The molecule has 0 amide bonds. The first-order valence-electron chi connectivity index (χ1n) is 5.72. The molecule has 0 saturated carbocycles. The number of nitrogens with zero attached hydrogens (tertiary/aromatic N) is 2. The molecular formula is C12H14ClN3OS. The van der Waals surface area contributed by atoms with Crippen LogP contribution in [0.2, 0.25) is 5.02 Å². The lowest BCUT2D eigenvalue weighted by Crippen LogP contribution is -2.00. The Labute approximate surface area is 115 Å². The quantitative estimate of drug-likeness (QED) is 0.913. The molecular weight excluding hydrogens is 270 g/mol. The first kappa shape index (κ1) is 13.3. The van der Waals surface area contributed by atoms with Crippen LogP contribution >= 0.6 is 23.1 Å². The maximum absolute atomic E-state index is 6.06. The van der Waals surface area contributed by atoms with Crippen LogP contribution in [0.3, 0.4) is 0 Å². The van der Waals surface area contributed by atoms with Crippen molar-refractivity contribution in [1.82, 2.24) is 9.36 Å². The second-order valence-corrected chi connectivity index (χ2v) is 4.87. The highest BCUT2D eigenvalue weighted by Crippen LogP contribution is 2.30. The van der Waals surface area contributed by atoms with E-state index in [4.69, 9.17) is 22.1 Å². The number of aryl methyl sites for hydroxylation is 1. The number of benzene rings is 1. The fraction of sp³-hybridized carbons (Fsp3) is 0.333. The summed E-state index contributed by atoms with van der Waals surface area (Å²) in [5, 5.41) is 1.13. The van der Waals surface area contributed by atoms with Gasteiger partial charge in [0.25, 0.3) is 5.19 Å². The van der Waals surface area contributed by atoms with Crippen LogP contribution in [0.25, 0.3) is 0 Å². The maximum Gasteiger partial charge on any atom is 0.298 e. The van der Waals surface area contributed by atoms with Crippen molar-refractivity contribution in [1.29, 1.82) is 0 Å². The van der Waals surface area contributed by atoms with E-state index in [1.165, 1.54) is 11.5 Å². The molecule has 0 aliphatic carbocycles. The molecule has 4 nitrogen and oxygen atoms in total. The second kappa shape index (κ2) is 6.13. The summed E-state index contributed by atoms with van der Waals surface area (Å²) in [4.78, 5) is 4.30. The Morgan fingerprint density at radius 1 is 1.44 bits per heavy atom. The van der Waals surface area contributed by atoms with E-state index in [2.05, 4.69) is 16.3 Å². The molecule has 96 valence electrons. The molecule has 0 atom stereocenters. The van der Waals surface area contributed by atoms with E-state index < -0.39 is 0 Å². The predicted octanol–water partition coefficient (Wildman–Crippen LogP) is 3.40. The molecule has 0 bridgehead atoms. The molecule has 6 heteroatoms. The van der Waals surface area contributed by atoms with Crippen LogP contribution in [-0.2, 0) is 13.0 Å². The molecule has 18 heavy (non-hydrogen) atoms. The largest absolute Gasteiger partial charge is 0.429 e. The number of rotatable bonds is 5. The molecule has 1 aromatic heterocycles. The van der Waals surface area contributed by atoms with Crippen LogP contribution in [0, 0.1) is 0 Å². The third-order valence-electron chi connectivity index (χ3n) is 2.40. The van der Waals surface area contributed by atoms with Crippen LogP contribution in [0.1, 0.15) is 24.7 Å². The van der Waals surface area contributed by atoms with Crippen molar-refractivity contribution in [3.63, 3.8) is 0 Å². The summed E-state index contributed by atoms with van der Waals surface area (Å²) in [7, 11) is 0. The highest BCUT2D eigenvalue weighted by Gasteiger charge is 2.10.